The number of hydrogen-bond donors (Lipinski definition) is 1. The SMILES string of the molecule is Cc1ccc(F)c(C(=O)[C@H](C(=S)Nc2ccccc2)n2cncn2)c1. The molecule has 0 saturated heterocycles. The number of thiocarbonyl (C=S) groups is 1. The summed E-state index contributed by atoms with van der Waals surface area (Å²) in [5.74, 6) is -1.08. The minimum Gasteiger partial charge on any atom is -0.348 e. The summed E-state index contributed by atoms with van der Waals surface area (Å²) in [6.07, 6.45) is 2.69. The number of Topliss-reactive ketones (excluding diaryl/α,β-unsaturated/α-hetero) is 1. The van der Waals surface area contributed by atoms with Gasteiger partial charge in [-0.05, 0) is 31.2 Å². The van der Waals surface area contributed by atoms with Gasteiger partial charge in [0.25, 0.3) is 0 Å². The van der Waals surface area contributed by atoms with Gasteiger partial charge in [0, 0.05) is 5.69 Å². The largest absolute Gasteiger partial charge is 0.348 e. The van der Waals surface area contributed by atoms with Crippen molar-refractivity contribution < 1.29 is 9.18 Å². The first kappa shape index (κ1) is 16.9. The van der Waals surface area contributed by atoms with Crippen LogP contribution in [0.4, 0.5) is 10.1 Å². The zero-order valence-electron chi connectivity index (χ0n) is 13.4. The van der Waals surface area contributed by atoms with E-state index in [2.05, 4.69) is 15.4 Å². The number of anilines is 1. The van der Waals surface area contributed by atoms with Crippen LogP contribution in [-0.2, 0) is 0 Å². The number of rotatable bonds is 5. The Kier molecular flexibility index (Phi) is 4.95. The van der Waals surface area contributed by atoms with Crippen LogP contribution < -0.4 is 5.32 Å². The number of carbonyl (C=O) groups is 1. The van der Waals surface area contributed by atoms with Crippen molar-refractivity contribution in [1.82, 2.24) is 14.8 Å². The lowest BCUT2D eigenvalue weighted by Crippen LogP contribution is -2.32. The van der Waals surface area contributed by atoms with Crippen LogP contribution in [0.3, 0.4) is 0 Å². The molecule has 25 heavy (non-hydrogen) atoms. The van der Waals surface area contributed by atoms with Crippen molar-refractivity contribution in [2.24, 2.45) is 0 Å². The summed E-state index contributed by atoms with van der Waals surface area (Å²) in [4.78, 5) is 17.1. The molecule has 2 aromatic carbocycles. The number of aryl methyl sites for hydroxylation is 1. The normalized spacial score (nSPS) is 11.8. The van der Waals surface area contributed by atoms with E-state index >= 15 is 0 Å². The second-order valence-corrected chi connectivity index (χ2v) is 5.92. The highest BCUT2D eigenvalue weighted by atomic mass is 32.1. The maximum atomic E-state index is 14.2. The molecular formula is C18H15FN4OS. The molecule has 0 spiro atoms. The van der Waals surface area contributed by atoms with E-state index in [1.807, 2.05) is 30.3 Å². The molecule has 1 aromatic heterocycles. The Labute approximate surface area is 149 Å². The first-order valence-corrected chi connectivity index (χ1v) is 7.97. The Balaban J connectivity index is 1.96. The highest BCUT2D eigenvalue weighted by Gasteiger charge is 2.29. The van der Waals surface area contributed by atoms with Crippen LogP contribution in [0.15, 0.2) is 61.2 Å². The first-order chi connectivity index (χ1) is 12.1. The second-order valence-electron chi connectivity index (χ2n) is 5.48. The van der Waals surface area contributed by atoms with E-state index in [9.17, 15) is 9.18 Å². The van der Waals surface area contributed by atoms with Crippen molar-refractivity contribution in [3.05, 3.63) is 78.1 Å². The van der Waals surface area contributed by atoms with Gasteiger partial charge < -0.3 is 5.32 Å². The molecule has 3 rings (SSSR count). The highest BCUT2D eigenvalue weighted by Crippen LogP contribution is 2.21. The summed E-state index contributed by atoms with van der Waals surface area (Å²) in [7, 11) is 0. The fourth-order valence-corrected chi connectivity index (χ4v) is 2.75. The van der Waals surface area contributed by atoms with Crippen LogP contribution in [0.1, 0.15) is 22.0 Å². The van der Waals surface area contributed by atoms with E-state index < -0.39 is 17.6 Å². The summed E-state index contributed by atoms with van der Waals surface area (Å²) in [6.45, 7) is 1.79. The maximum absolute atomic E-state index is 14.2. The third-order valence-electron chi connectivity index (χ3n) is 3.63. The van der Waals surface area contributed by atoms with Crippen molar-refractivity contribution in [3.8, 4) is 0 Å². The molecule has 0 aliphatic carbocycles. The standard InChI is InChI=1S/C18H15FN4OS/c1-12-7-8-15(19)14(9-12)17(24)16(23-11-20-10-21-23)18(25)22-13-5-3-2-4-6-13/h2-11,16H,1H3,(H,22,25)/t16-/m1/s1. The quantitative estimate of drug-likeness (QED) is 0.560. The summed E-state index contributed by atoms with van der Waals surface area (Å²) in [5.41, 5.74) is 1.48. The van der Waals surface area contributed by atoms with Crippen LogP contribution in [0.2, 0.25) is 0 Å². The van der Waals surface area contributed by atoms with Crippen molar-refractivity contribution in [3.63, 3.8) is 0 Å². The number of para-hydroxylation sites is 1. The Morgan fingerprint density at radius 2 is 2.00 bits per heavy atom. The molecule has 0 radical (unpaired) electrons. The Morgan fingerprint density at radius 3 is 2.68 bits per heavy atom. The Morgan fingerprint density at radius 1 is 1.24 bits per heavy atom. The lowest BCUT2D eigenvalue weighted by Gasteiger charge is -2.19. The van der Waals surface area contributed by atoms with Crippen LogP contribution in [0, 0.1) is 12.7 Å². The zero-order valence-corrected chi connectivity index (χ0v) is 14.2. The molecule has 3 aromatic rings. The average molecular weight is 354 g/mol. The lowest BCUT2D eigenvalue weighted by atomic mass is 10.0. The monoisotopic (exact) mass is 354 g/mol. The van der Waals surface area contributed by atoms with Crippen molar-refractivity contribution >= 4 is 28.7 Å². The maximum Gasteiger partial charge on any atom is 0.197 e. The Hall–Kier alpha value is -2.93. The van der Waals surface area contributed by atoms with Gasteiger partial charge in [-0.1, -0.05) is 42.0 Å². The average Bonchev–Trinajstić information content (AvgIpc) is 3.12. The summed E-state index contributed by atoms with van der Waals surface area (Å²) >= 11 is 5.41. The number of aromatic nitrogens is 3. The van der Waals surface area contributed by atoms with Crippen LogP contribution in [0.25, 0.3) is 0 Å². The number of benzene rings is 2. The van der Waals surface area contributed by atoms with Crippen molar-refractivity contribution in [1.29, 1.82) is 0 Å². The molecule has 0 unspecified atom stereocenters. The molecule has 0 aliphatic heterocycles. The number of carbonyl (C=O) groups excluding carboxylic acids is 1. The molecule has 1 N–H and O–H groups in total. The van der Waals surface area contributed by atoms with E-state index in [0.717, 1.165) is 11.3 Å². The molecule has 0 saturated carbocycles. The molecule has 1 heterocycles. The predicted molar refractivity (Wildman–Crippen MR) is 97.2 cm³/mol. The third-order valence-corrected chi connectivity index (χ3v) is 3.95. The summed E-state index contributed by atoms with van der Waals surface area (Å²) in [6, 6.07) is 12.6. The number of halogens is 1. The summed E-state index contributed by atoms with van der Waals surface area (Å²) < 4.78 is 15.5. The zero-order chi connectivity index (χ0) is 17.8. The van der Waals surface area contributed by atoms with Gasteiger partial charge in [-0.25, -0.2) is 14.1 Å². The van der Waals surface area contributed by atoms with E-state index in [4.69, 9.17) is 12.2 Å². The molecule has 5 nitrogen and oxygen atoms in total. The van der Waals surface area contributed by atoms with Gasteiger partial charge in [0.05, 0.1) is 5.56 Å². The molecule has 7 heteroatoms. The van der Waals surface area contributed by atoms with Gasteiger partial charge in [0.1, 0.15) is 23.5 Å². The third kappa shape index (κ3) is 3.77. The van der Waals surface area contributed by atoms with Crippen molar-refractivity contribution in [2.45, 2.75) is 13.0 Å². The molecule has 1 atom stereocenters. The van der Waals surface area contributed by atoms with E-state index in [1.54, 1.807) is 13.0 Å². The van der Waals surface area contributed by atoms with E-state index in [1.165, 1.54) is 29.5 Å². The smallest absolute Gasteiger partial charge is 0.197 e. The number of ketones is 1. The second kappa shape index (κ2) is 7.31. The van der Waals surface area contributed by atoms with Crippen LogP contribution in [-0.4, -0.2) is 25.5 Å². The van der Waals surface area contributed by atoms with E-state index in [0.29, 0.717) is 0 Å². The van der Waals surface area contributed by atoms with Crippen LogP contribution >= 0.6 is 12.2 Å². The van der Waals surface area contributed by atoms with Gasteiger partial charge in [-0.15, -0.1) is 0 Å². The predicted octanol–water partition coefficient (Wildman–Crippen LogP) is 3.59. The number of nitrogens with zero attached hydrogens (tertiary/aromatic N) is 3. The first-order valence-electron chi connectivity index (χ1n) is 7.56. The number of hydrogen-bond acceptors (Lipinski definition) is 4. The number of nitrogens with one attached hydrogen (secondary N) is 1. The highest BCUT2D eigenvalue weighted by molar-refractivity contribution is 7.80. The van der Waals surface area contributed by atoms with Gasteiger partial charge in [0.2, 0.25) is 0 Å². The van der Waals surface area contributed by atoms with Crippen LogP contribution in [0.5, 0.6) is 0 Å². The molecule has 0 bridgehead atoms. The summed E-state index contributed by atoms with van der Waals surface area (Å²) in [5, 5.41) is 7.03. The van der Waals surface area contributed by atoms with Gasteiger partial charge >= 0.3 is 0 Å². The fourth-order valence-electron chi connectivity index (χ4n) is 2.42. The molecular weight excluding hydrogens is 339 g/mol. The van der Waals surface area contributed by atoms with E-state index in [-0.39, 0.29) is 10.6 Å². The minimum absolute atomic E-state index is 0.0299. The topological polar surface area (TPSA) is 59.8 Å². The molecule has 0 aliphatic rings. The molecule has 126 valence electrons. The van der Waals surface area contributed by atoms with Gasteiger partial charge in [-0.3, -0.25) is 4.79 Å². The molecule has 0 amide bonds. The fraction of sp³-hybridized carbons (Fsp3) is 0.111. The Bertz CT molecular complexity index is 897. The minimum atomic E-state index is -0.992. The van der Waals surface area contributed by atoms with Gasteiger partial charge in [-0.2, -0.15) is 5.10 Å². The molecule has 0 fully saturated rings. The lowest BCUT2D eigenvalue weighted by molar-refractivity contribution is 0.0949. The van der Waals surface area contributed by atoms with Gasteiger partial charge in [0.15, 0.2) is 11.8 Å². The van der Waals surface area contributed by atoms with Crippen molar-refractivity contribution in [2.75, 3.05) is 5.32 Å².